The molecule has 0 aliphatic rings. The largest absolute Gasteiger partial charge is 0.493 e. The van der Waals surface area contributed by atoms with Gasteiger partial charge in [-0.1, -0.05) is 18.5 Å². The molecular weight excluding hydrogens is 320 g/mol. The summed E-state index contributed by atoms with van der Waals surface area (Å²) in [5, 5.41) is 9.77. The molecule has 7 nitrogen and oxygen atoms in total. The summed E-state index contributed by atoms with van der Waals surface area (Å²) in [6.45, 7) is 4.24. The van der Waals surface area contributed by atoms with E-state index in [0.717, 1.165) is 0 Å². The van der Waals surface area contributed by atoms with Gasteiger partial charge in [0.25, 0.3) is 5.91 Å². The van der Waals surface area contributed by atoms with Gasteiger partial charge in [0, 0.05) is 5.56 Å². The Morgan fingerprint density at radius 2 is 2.22 bits per heavy atom. The highest BCUT2D eigenvalue weighted by Crippen LogP contribution is 2.36. The van der Waals surface area contributed by atoms with Gasteiger partial charge >= 0.3 is 0 Å². The Balaban J connectivity index is 2.23. The number of methoxy groups -OCH3 is 1. The van der Waals surface area contributed by atoms with Crippen molar-refractivity contribution in [2.75, 3.05) is 13.7 Å². The second kappa shape index (κ2) is 7.82. The molecule has 23 heavy (non-hydrogen) atoms. The molecule has 1 aromatic heterocycles. The molecule has 1 heterocycles. The summed E-state index contributed by atoms with van der Waals surface area (Å²) in [5.74, 6) is 1.16. The number of hydrogen-bond donors (Lipinski definition) is 2. The molecular formula is C15H19ClN4O3. The van der Waals surface area contributed by atoms with E-state index in [4.69, 9.17) is 21.1 Å². The van der Waals surface area contributed by atoms with Crippen molar-refractivity contribution in [1.82, 2.24) is 20.5 Å². The fourth-order valence-corrected chi connectivity index (χ4v) is 2.39. The molecule has 0 unspecified atom stereocenters. The molecule has 1 aromatic carbocycles. The van der Waals surface area contributed by atoms with Gasteiger partial charge in [0.1, 0.15) is 12.2 Å². The number of H-pyrrole nitrogens is 1. The molecule has 0 radical (unpaired) electrons. The Bertz CT molecular complexity index is 661. The van der Waals surface area contributed by atoms with Crippen LogP contribution in [0.15, 0.2) is 18.5 Å². The van der Waals surface area contributed by atoms with Crippen LogP contribution in [0.2, 0.25) is 5.02 Å². The number of nitrogens with zero attached hydrogens (tertiary/aromatic N) is 2. The van der Waals surface area contributed by atoms with E-state index in [9.17, 15) is 4.79 Å². The number of amides is 1. The van der Waals surface area contributed by atoms with Crippen LogP contribution in [0.4, 0.5) is 0 Å². The van der Waals surface area contributed by atoms with Gasteiger partial charge in [-0.2, -0.15) is 5.10 Å². The Kier molecular flexibility index (Phi) is 5.81. The number of halogens is 1. The average Bonchev–Trinajstić information content (AvgIpc) is 3.08. The van der Waals surface area contributed by atoms with Crippen molar-refractivity contribution >= 4 is 17.5 Å². The van der Waals surface area contributed by atoms with Crippen molar-refractivity contribution in [3.8, 4) is 11.5 Å². The van der Waals surface area contributed by atoms with Gasteiger partial charge in [-0.05, 0) is 25.5 Å². The highest BCUT2D eigenvalue weighted by Gasteiger charge is 2.19. The zero-order valence-electron chi connectivity index (χ0n) is 13.2. The van der Waals surface area contributed by atoms with Gasteiger partial charge in [-0.25, -0.2) is 4.98 Å². The molecule has 0 saturated heterocycles. The number of nitrogens with one attached hydrogen (secondary N) is 2. The maximum absolute atomic E-state index is 12.5. The Hall–Kier alpha value is -2.28. The van der Waals surface area contributed by atoms with E-state index in [1.54, 1.807) is 12.1 Å². The summed E-state index contributed by atoms with van der Waals surface area (Å²) in [6, 6.07) is 2.89. The first-order valence-corrected chi connectivity index (χ1v) is 7.64. The van der Waals surface area contributed by atoms with Gasteiger partial charge in [0.15, 0.2) is 11.5 Å². The number of ether oxygens (including phenoxy) is 2. The SMILES string of the molecule is CCOc1c(Cl)cc(C(=O)N[C@H](CC)c2ncn[nH]2)cc1OC. The van der Waals surface area contributed by atoms with Gasteiger partial charge < -0.3 is 14.8 Å². The minimum Gasteiger partial charge on any atom is -0.493 e. The summed E-state index contributed by atoms with van der Waals surface area (Å²) >= 11 is 6.19. The van der Waals surface area contributed by atoms with Crippen LogP contribution in [0.1, 0.15) is 42.5 Å². The third-order valence-corrected chi connectivity index (χ3v) is 3.54. The highest BCUT2D eigenvalue weighted by molar-refractivity contribution is 6.32. The molecule has 124 valence electrons. The Labute approximate surface area is 139 Å². The van der Waals surface area contributed by atoms with E-state index in [2.05, 4.69) is 20.5 Å². The molecule has 0 aliphatic carbocycles. The molecule has 2 rings (SSSR count). The van der Waals surface area contributed by atoms with Crippen LogP contribution >= 0.6 is 11.6 Å². The molecule has 1 atom stereocenters. The van der Waals surface area contributed by atoms with Crippen LogP contribution < -0.4 is 14.8 Å². The van der Waals surface area contributed by atoms with Crippen molar-refractivity contribution in [2.45, 2.75) is 26.3 Å². The molecule has 0 bridgehead atoms. The second-order valence-electron chi connectivity index (χ2n) is 4.73. The van der Waals surface area contributed by atoms with Crippen molar-refractivity contribution in [3.05, 3.63) is 34.9 Å². The average molecular weight is 339 g/mol. The van der Waals surface area contributed by atoms with Crippen molar-refractivity contribution in [2.24, 2.45) is 0 Å². The normalized spacial score (nSPS) is 11.8. The van der Waals surface area contributed by atoms with Crippen LogP contribution in [0.3, 0.4) is 0 Å². The molecule has 0 spiro atoms. The first-order valence-electron chi connectivity index (χ1n) is 7.27. The lowest BCUT2D eigenvalue weighted by Crippen LogP contribution is -2.29. The third kappa shape index (κ3) is 3.92. The maximum atomic E-state index is 12.5. The zero-order valence-corrected chi connectivity index (χ0v) is 14.0. The van der Waals surface area contributed by atoms with E-state index >= 15 is 0 Å². The topological polar surface area (TPSA) is 89.1 Å². The molecule has 0 fully saturated rings. The van der Waals surface area contributed by atoms with Crippen LogP contribution in [0, 0.1) is 0 Å². The molecule has 2 N–H and O–H groups in total. The minimum absolute atomic E-state index is 0.263. The predicted octanol–water partition coefficient (Wildman–Crippen LogP) is 2.75. The van der Waals surface area contributed by atoms with Crippen LogP contribution in [0.5, 0.6) is 11.5 Å². The number of aromatic amines is 1. The summed E-state index contributed by atoms with van der Waals surface area (Å²) < 4.78 is 10.7. The number of aromatic nitrogens is 3. The fourth-order valence-electron chi connectivity index (χ4n) is 2.12. The van der Waals surface area contributed by atoms with E-state index in [-0.39, 0.29) is 11.9 Å². The summed E-state index contributed by atoms with van der Waals surface area (Å²) in [6.07, 6.45) is 2.07. The third-order valence-electron chi connectivity index (χ3n) is 3.26. The summed E-state index contributed by atoms with van der Waals surface area (Å²) in [4.78, 5) is 16.5. The van der Waals surface area contributed by atoms with E-state index in [0.29, 0.717) is 40.9 Å². The molecule has 8 heteroatoms. The summed E-state index contributed by atoms with van der Waals surface area (Å²) in [5.41, 5.74) is 0.383. The van der Waals surface area contributed by atoms with E-state index in [1.165, 1.54) is 13.4 Å². The van der Waals surface area contributed by atoms with Gasteiger partial charge in [0.2, 0.25) is 0 Å². The van der Waals surface area contributed by atoms with Gasteiger partial charge in [-0.3, -0.25) is 9.89 Å². The fraction of sp³-hybridized carbons (Fsp3) is 0.400. The highest BCUT2D eigenvalue weighted by atomic mass is 35.5. The smallest absolute Gasteiger partial charge is 0.252 e. The number of hydrogen-bond acceptors (Lipinski definition) is 5. The number of carbonyl (C=O) groups is 1. The Morgan fingerprint density at radius 1 is 1.43 bits per heavy atom. The molecule has 0 aliphatic heterocycles. The Morgan fingerprint density at radius 3 is 2.78 bits per heavy atom. The van der Waals surface area contributed by atoms with Crippen molar-refractivity contribution in [3.63, 3.8) is 0 Å². The molecule has 1 amide bonds. The monoisotopic (exact) mass is 338 g/mol. The van der Waals surface area contributed by atoms with Crippen LogP contribution in [-0.4, -0.2) is 34.8 Å². The van der Waals surface area contributed by atoms with Crippen LogP contribution in [-0.2, 0) is 0 Å². The number of benzene rings is 1. The van der Waals surface area contributed by atoms with Crippen molar-refractivity contribution in [1.29, 1.82) is 0 Å². The maximum Gasteiger partial charge on any atom is 0.252 e. The number of carbonyl (C=O) groups excluding carboxylic acids is 1. The van der Waals surface area contributed by atoms with E-state index in [1.807, 2.05) is 13.8 Å². The minimum atomic E-state index is -0.281. The second-order valence-corrected chi connectivity index (χ2v) is 5.13. The lowest BCUT2D eigenvalue weighted by molar-refractivity contribution is 0.0933. The standard InChI is InChI=1S/C15H19ClN4O3/c1-4-11(14-17-8-18-20-14)19-15(21)9-6-10(16)13(23-5-2)12(7-9)22-3/h6-8,11H,4-5H2,1-3H3,(H,19,21)(H,17,18,20)/t11-/m1/s1. The zero-order chi connectivity index (χ0) is 16.8. The van der Waals surface area contributed by atoms with Crippen LogP contribution in [0.25, 0.3) is 0 Å². The van der Waals surface area contributed by atoms with Gasteiger partial charge in [0.05, 0.1) is 24.8 Å². The first-order chi connectivity index (χ1) is 11.1. The lowest BCUT2D eigenvalue weighted by atomic mass is 10.1. The molecule has 2 aromatic rings. The molecule has 0 saturated carbocycles. The predicted molar refractivity (Wildman–Crippen MR) is 86.1 cm³/mol. The quantitative estimate of drug-likeness (QED) is 0.810. The first kappa shape index (κ1) is 17.1. The lowest BCUT2D eigenvalue weighted by Gasteiger charge is -2.16. The summed E-state index contributed by atoms with van der Waals surface area (Å²) in [7, 11) is 1.50. The number of rotatable bonds is 7. The van der Waals surface area contributed by atoms with Crippen molar-refractivity contribution < 1.29 is 14.3 Å². The van der Waals surface area contributed by atoms with Gasteiger partial charge in [-0.15, -0.1) is 0 Å². The van der Waals surface area contributed by atoms with E-state index < -0.39 is 0 Å².